The van der Waals surface area contributed by atoms with Crippen molar-refractivity contribution in [1.29, 1.82) is 0 Å². The van der Waals surface area contributed by atoms with E-state index >= 15 is 0 Å². The lowest BCUT2D eigenvalue weighted by Crippen LogP contribution is -2.13. The van der Waals surface area contributed by atoms with E-state index in [1.807, 2.05) is 24.3 Å². The number of nitrogens with one attached hydrogen (secondary N) is 2. The van der Waals surface area contributed by atoms with E-state index in [2.05, 4.69) is 15.7 Å². The predicted octanol–water partition coefficient (Wildman–Crippen LogP) is 5.13. The average molecular weight is 446 g/mol. The third-order valence-corrected chi connectivity index (χ3v) is 5.11. The van der Waals surface area contributed by atoms with Crippen molar-refractivity contribution >= 4 is 23.2 Å². The van der Waals surface area contributed by atoms with Crippen LogP contribution in [-0.4, -0.2) is 21.6 Å². The van der Waals surface area contributed by atoms with Crippen LogP contribution < -0.4 is 10.6 Å². The van der Waals surface area contributed by atoms with Gasteiger partial charge in [0, 0.05) is 43.8 Å². The topological polar surface area (TPSA) is 89.2 Å². The molecule has 0 atom stereocenters. The molecule has 0 fully saturated rings. The number of furan rings is 1. The molecule has 2 aromatic heterocycles. The van der Waals surface area contributed by atoms with Crippen LogP contribution in [0.5, 0.6) is 0 Å². The van der Waals surface area contributed by atoms with Crippen LogP contribution in [0.3, 0.4) is 0 Å². The number of anilines is 2. The van der Waals surface area contributed by atoms with Gasteiger partial charge in [0.05, 0.1) is 18.1 Å². The molecule has 1 amide bonds. The second kappa shape index (κ2) is 9.95. The number of hydrogen-bond donors (Lipinski definition) is 2. The molecule has 0 saturated carbocycles. The van der Waals surface area contributed by atoms with Crippen molar-refractivity contribution in [2.75, 3.05) is 10.6 Å². The molecule has 2 heterocycles. The minimum atomic E-state index is -0.498. The third-order valence-electron chi connectivity index (χ3n) is 5.11. The smallest absolute Gasteiger partial charge is 0.243 e. The van der Waals surface area contributed by atoms with E-state index in [-0.39, 0.29) is 23.9 Å². The fraction of sp³-hybridized carbons (Fsp3) is 0.160. The standard InChI is InChI=1S/C25H23FN4O3/c1-17(31)30-16-20(15-28-30)19-6-4-18(5-7-19)14-27-21-8-10-23(26)24(13-21)29-25(32)11-9-22-3-2-12-33-22/h2-8,10,12-13,15-16,27H,9,11,14H2,1H3,(H,29,32). The number of amides is 1. The Morgan fingerprint density at radius 1 is 1.09 bits per heavy atom. The fourth-order valence-corrected chi connectivity index (χ4v) is 3.30. The maximum Gasteiger partial charge on any atom is 0.243 e. The van der Waals surface area contributed by atoms with Crippen molar-refractivity contribution in [3.05, 3.63) is 90.4 Å². The van der Waals surface area contributed by atoms with Crippen LogP contribution in [-0.2, 0) is 17.8 Å². The zero-order chi connectivity index (χ0) is 23.2. The van der Waals surface area contributed by atoms with Gasteiger partial charge in [-0.05, 0) is 41.5 Å². The van der Waals surface area contributed by atoms with Gasteiger partial charge in [-0.1, -0.05) is 24.3 Å². The lowest BCUT2D eigenvalue weighted by atomic mass is 10.1. The molecule has 0 unspecified atom stereocenters. The van der Waals surface area contributed by atoms with E-state index in [0.717, 1.165) is 16.7 Å². The summed E-state index contributed by atoms with van der Waals surface area (Å²) in [6.45, 7) is 1.98. The van der Waals surface area contributed by atoms with Gasteiger partial charge in [-0.15, -0.1) is 0 Å². The highest BCUT2D eigenvalue weighted by Gasteiger charge is 2.10. The Balaban J connectivity index is 1.34. The first-order valence-corrected chi connectivity index (χ1v) is 10.5. The predicted molar refractivity (Wildman–Crippen MR) is 123 cm³/mol. The molecule has 7 nitrogen and oxygen atoms in total. The second-order valence-corrected chi connectivity index (χ2v) is 7.57. The largest absolute Gasteiger partial charge is 0.469 e. The molecule has 4 rings (SSSR count). The number of halogens is 1. The molecular formula is C25H23FN4O3. The summed E-state index contributed by atoms with van der Waals surface area (Å²) in [5, 5.41) is 9.90. The Labute approximate surface area is 190 Å². The molecule has 168 valence electrons. The zero-order valence-electron chi connectivity index (χ0n) is 18.0. The maximum absolute atomic E-state index is 14.2. The molecule has 2 aromatic carbocycles. The van der Waals surface area contributed by atoms with Crippen molar-refractivity contribution < 1.29 is 18.4 Å². The molecule has 0 aliphatic carbocycles. The molecule has 0 spiro atoms. The monoisotopic (exact) mass is 446 g/mol. The van der Waals surface area contributed by atoms with Gasteiger partial charge in [0.25, 0.3) is 0 Å². The van der Waals surface area contributed by atoms with Crippen LogP contribution >= 0.6 is 0 Å². The van der Waals surface area contributed by atoms with Gasteiger partial charge in [0.2, 0.25) is 11.8 Å². The Morgan fingerprint density at radius 3 is 2.61 bits per heavy atom. The van der Waals surface area contributed by atoms with Gasteiger partial charge in [0.1, 0.15) is 11.6 Å². The molecular weight excluding hydrogens is 423 g/mol. The molecule has 33 heavy (non-hydrogen) atoms. The molecule has 0 aliphatic rings. The van der Waals surface area contributed by atoms with Crippen molar-refractivity contribution in [2.24, 2.45) is 0 Å². The molecule has 4 aromatic rings. The minimum Gasteiger partial charge on any atom is -0.469 e. The number of aromatic nitrogens is 2. The summed E-state index contributed by atoms with van der Waals surface area (Å²) >= 11 is 0. The van der Waals surface area contributed by atoms with Gasteiger partial charge in [-0.2, -0.15) is 5.10 Å². The van der Waals surface area contributed by atoms with Gasteiger partial charge in [-0.3, -0.25) is 9.59 Å². The first-order chi connectivity index (χ1) is 16.0. The molecule has 0 bridgehead atoms. The summed E-state index contributed by atoms with van der Waals surface area (Å²) in [5.41, 5.74) is 3.64. The van der Waals surface area contributed by atoms with E-state index in [4.69, 9.17) is 4.42 Å². The third kappa shape index (κ3) is 5.74. The Morgan fingerprint density at radius 2 is 1.91 bits per heavy atom. The van der Waals surface area contributed by atoms with E-state index in [1.165, 1.54) is 17.7 Å². The highest BCUT2D eigenvalue weighted by atomic mass is 19.1. The van der Waals surface area contributed by atoms with Crippen LogP contribution in [0.4, 0.5) is 15.8 Å². The summed E-state index contributed by atoms with van der Waals surface area (Å²) in [6.07, 6.45) is 5.54. The number of carbonyl (C=O) groups is 2. The number of carbonyl (C=O) groups excluding carboxylic acids is 2. The van der Waals surface area contributed by atoms with Crippen LogP contribution in [0.2, 0.25) is 0 Å². The molecule has 0 radical (unpaired) electrons. The van der Waals surface area contributed by atoms with Crippen LogP contribution in [0.25, 0.3) is 11.1 Å². The Bertz CT molecular complexity index is 1250. The quantitative estimate of drug-likeness (QED) is 0.392. The van der Waals surface area contributed by atoms with Crippen molar-refractivity contribution in [1.82, 2.24) is 9.78 Å². The molecule has 8 heteroatoms. The summed E-state index contributed by atoms with van der Waals surface area (Å²) in [4.78, 5) is 23.6. The number of benzene rings is 2. The molecule has 0 aliphatic heterocycles. The van der Waals surface area contributed by atoms with Gasteiger partial charge >= 0.3 is 0 Å². The van der Waals surface area contributed by atoms with E-state index in [9.17, 15) is 14.0 Å². The highest BCUT2D eigenvalue weighted by Crippen LogP contribution is 2.22. The van der Waals surface area contributed by atoms with Crippen molar-refractivity contribution in [3.8, 4) is 11.1 Å². The van der Waals surface area contributed by atoms with E-state index < -0.39 is 5.82 Å². The molecule has 2 N–H and O–H groups in total. The van der Waals surface area contributed by atoms with E-state index in [1.54, 1.807) is 42.9 Å². The van der Waals surface area contributed by atoms with Crippen molar-refractivity contribution in [3.63, 3.8) is 0 Å². The average Bonchev–Trinajstić information content (AvgIpc) is 3.51. The zero-order valence-corrected chi connectivity index (χ0v) is 18.0. The first kappa shape index (κ1) is 22.0. The number of aryl methyl sites for hydroxylation is 1. The van der Waals surface area contributed by atoms with E-state index in [0.29, 0.717) is 24.4 Å². The van der Waals surface area contributed by atoms with Crippen LogP contribution in [0.15, 0.2) is 77.7 Å². The van der Waals surface area contributed by atoms with Crippen LogP contribution in [0, 0.1) is 5.82 Å². The second-order valence-electron chi connectivity index (χ2n) is 7.57. The maximum atomic E-state index is 14.2. The summed E-state index contributed by atoms with van der Waals surface area (Å²) < 4.78 is 20.7. The summed E-state index contributed by atoms with van der Waals surface area (Å²) in [7, 11) is 0. The fourth-order valence-electron chi connectivity index (χ4n) is 3.30. The first-order valence-electron chi connectivity index (χ1n) is 10.5. The lowest BCUT2D eigenvalue weighted by molar-refractivity contribution is -0.116. The Kier molecular flexibility index (Phi) is 6.64. The minimum absolute atomic E-state index is 0.127. The number of hydrogen-bond acceptors (Lipinski definition) is 5. The Hall–Kier alpha value is -4.20. The highest BCUT2D eigenvalue weighted by molar-refractivity contribution is 5.91. The van der Waals surface area contributed by atoms with Crippen LogP contribution in [0.1, 0.15) is 29.5 Å². The van der Waals surface area contributed by atoms with Crippen molar-refractivity contribution in [2.45, 2.75) is 26.3 Å². The summed E-state index contributed by atoms with van der Waals surface area (Å²) in [5.74, 6) is -0.220. The number of nitrogens with zero attached hydrogens (tertiary/aromatic N) is 2. The molecule has 0 saturated heterocycles. The van der Waals surface area contributed by atoms with Gasteiger partial charge < -0.3 is 15.1 Å². The normalized spacial score (nSPS) is 10.7. The van der Waals surface area contributed by atoms with Gasteiger partial charge in [0.15, 0.2) is 0 Å². The lowest BCUT2D eigenvalue weighted by Gasteiger charge is -2.11. The number of rotatable bonds is 8. The van der Waals surface area contributed by atoms with Gasteiger partial charge in [-0.25, -0.2) is 9.07 Å². The SMILES string of the molecule is CC(=O)n1cc(-c2ccc(CNc3ccc(F)c(NC(=O)CCc4ccco4)c3)cc2)cn1. The summed E-state index contributed by atoms with van der Waals surface area (Å²) in [6, 6.07) is 15.9.